The molecule has 0 radical (unpaired) electrons. The Balaban J connectivity index is 2.38. The van der Waals surface area contributed by atoms with Crippen LogP contribution in [0, 0.1) is 18.3 Å². The van der Waals surface area contributed by atoms with Gasteiger partial charge in [0.05, 0.1) is 18.2 Å². The maximum atomic E-state index is 12.5. The summed E-state index contributed by atoms with van der Waals surface area (Å²) in [5.41, 5.74) is 2.03. The Kier molecular flexibility index (Phi) is 7.27. The highest BCUT2D eigenvalue weighted by Crippen LogP contribution is 2.34. The van der Waals surface area contributed by atoms with Crippen LogP contribution in [0.1, 0.15) is 25.0 Å². The molecule has 27 heavy (non-hydrogen) atoms. The zero-order chi connectivity index (χ0) is 19.8. The Morgan fingerprint density at radius 2 is 1.85 bits per heavy atom. The molecule has 2 aromatic carbocycles. The van der Waals surface area contributed by atoms with E-state index in [-0.39, 0.29) is 5.57 Å². The van der Waals surface area contributed by atoms with E-state index < -0.39 is 5.91 Å². The number of anilines is 1. The maximum Gasteiger partial charge on any atom is 0.266 e. The van der Waals surface area contributed by atoms with E-state index in [4.69, 9.17) is 21.1 Å². The predicted octanol–water partition coefficient (Wildman–Crippen LogP) is 4.99. The van der Waals surface area contributed by atoms with Gasteiger partial charge in [-0.3, -0.25) is 4.79 Å². The number of nitrogens with one attached hydrogen (secondary N) is 1. The molecule has 1 N–H and O–H groups in total. The van der Waals surface area contributed by atoms with Crippen molar-refractivity contribution in [2.45, 2.75) is 20.8 Å². The lowest BCUT2D eigenvalue weighted by atomic mass is 10.1. The Bertz CT molecular complexity index is 901. The normalized spacial score (nSPS) is 10.9. The SMILES string of the molecule is CCOc1cc(OCC)c(/C=C(\C#N)C(=O)Nc2ccccc2C)cc1Cl. The van der Waals surface area contributed by atoms with E-state index in [0.717, 1.165) is 5.56 Å². The summed E-state index contributed by atoms with van der Waals surface area (Å²) in [6.07, 6.45) is 1.46. The fourth-order valence-corrected chi connectivity index (χ4v) is 2.64. The minimum Gasteiger partial charge on any atom is -0.493 e. The van der Waals surface area contributed by atoms with Crippen molar-refractivity contribution in [2.24, 2.45) is 0 Å². The summed E-state index contributed by atoms with van der Waals surface area (Å²) in [7, 11) is 0. The summed E-state index contributed by atoms with van der Waals surface area (Å²) < 4.78 is 11.1. The number of benzene rings is 2. The van der Waals surface area contributed by atoms with Crippen LogP contribution >= 0.6 is 11.6 Å². The first kappa shape index (κ1) is 20.3. The van der Waals surface area contributed by atoms with Gasteiger partial charge in [0.1, 0.15) is 23.1 Å². The van der Waals surface area contributed by atoms with E-state index in [0.29, 0.717) is 41.0 Å². The average molecular weight is 385 g/mol. The van der Waals surface area contributed by atoms with Gasteiger partial charge in [-0.05, 0) is 44.5 Å². The molecular weight excluding hydrogens is 364 g/mol. The third-order valence-corrected chi connectivity index (χ3v) is 4.02. The Morgan fingerprint density at radius 3 is 2.48 bits per heavy atom. The second-order valence-electron chi connectivity index (χ2n) is 5.63. The van der Waals surface area contributed by atoms with Crippen LogP contribution in [0.4, 0.5) is 5.69 Å². The van der Waals surface area contributed by atoms with Crippen LogP contribution in [0.3, 0.4) is 0 Å². The number of rotatable bonds is 7. The van der Waals surface area contributed by atoms with E-state index in [2.05, 4.69) is 5.32 Å². The van der Waals surface area contributed by atoms with Crippen LogP contribution in [0.2, 0.25) is 5.02 Å². The molecule has 0 aromatic heterocycles. The van der Waals surface area contributed by atoms with E-state index in [1.54, 1.807) is 18.2 Å². The molecule has 0 bridgehead atoms. The van der Waals surface area contributed by atoms with Gasteiger partial charge < -0.3 is 14.8 Å². The number of hydrogen-bond donors (Lipinski definition) is 1. The molecule has 0 atom stereocenters. The summed E-state index contributed by atoms with van der Waals surface area (Å²) in [5, 5.41) is 12.6. The van der Waals surface area contributed by atoms with Gasteiger partial charge in [0.25, 0.3) is 5.91 Å². The van der Waals surface area contributed by atoms with Crippen molar-refractivity contribution in [3.05, 3.63) is 58.1 Å². The van der Waals surface area contributed by atoms with E-state index in [9.17, 15) is 10.1 Å². The standard InChI is InChI=1S/C21H21ClN2O3/c1-4-26-19-12-20(27-5-2)17(22)11-15(19)10-16(13-23)21(25)24-18-9-7-6-8-14(18)3/h6-12H,4-5H2,1-3H3,(H,24,25)/b16-10+. The van der Waals surface area contributed by atoms with Crippen molar-refractivity contribution < 1.29 is 14.3 Å². The fraction of sp³-hybridized carbons (Fsp3) is 0.238. The van der Waals surface area contributed by atoms with Gasteiger partial charge >= 0.3 is 0 Å². The molecule has 6 heteroatoms. The molecule has 0 aliphatic heterocycles. The lowest BCUT2D eigenvalue weighted by Gasteiger charge is -2.13. The molecule has 0 saturated heterocycles. The number of para-hydroxylation sites is 1. The van der Waals surface area contributed by atoms with Gasteiger partial charge in [-0.25, -0.2) is 0 Å². The highest BCUT2D eigenvalue weighted by atomic mass is 35.5. The molecule has 0 aliphatic carbocycles. The monoisotopic (exact) mass is 384 g/mol. The van der Waals surface area contributed by atoms with Crippen molar-refractivity contribution in [1.82, 2.24) is 0 Å². The first-order valence-electron chi connectivity index (χ1n) is 8.58. The van der Waals surface area contributed by atoms with Crippen LogP contribution in [0.5, 0.6) is 11.5 Å². The Labute approximate surface area is 164 Å². The number of amides is 1. The molecule has 0 heterocycles. The number of ether oxygens (including phenoxy) is 2. The van der Waals surface area contributed by atoms with Gasteiger partial charge in [0, 0.05) is 17.3 Å². The minimum absolute atomic E-state index is 0.0561. The van der Waals surface area contributed by atoms with Gasteiger partial charge in [-0.1, -0.05) is 29.8 Å². The van der Waals surface area contributed by atoms with Crippen LogP contribution < -0.4 is 14.8 Å². The second-order valence-corrected chi connectivity index (χ2v) is 6.03. The number of aryl methyl sites for hydroxylation is 1. The summed E-state index contributed by atoms with van der Waals surface area (Å²) in [6.45, 7) is 6.46. The molecule has 1 amide bonds. The van der Waals surface area contributed by atoms with Gasteiger partial charge in [-0.2, -0.15) is 5.26 Å². The third-order valence-electron chi connectivity index (χ3n) is 3.72. The summed E-state index contributed by atoms with van der Waals surface area (Å²) in [4.78, 5) is 12.5. The number of hydrogen-bond acceptors (Lipinski definition) is 4. The van der Waals surface area contributed by atoms with Gasteiger partial charge in [0.15, 0.2) is 0 Å². The average Bonchev–Trinajstić information content (AvgIpc) is 2.65. The number of nitrogens with zero attached hydrogens (tertiary/aromatic N) is 1. The fourth-order valence-electron chi connectivity index (χ4n) is 2.42. The summed E-state index contributed by atoms with van der Waals surface area (Å²) in [5.74, 6) is 0.476. The summed E-state index contributed by atoms with van der Waals surface area (Å²) in [6, 6.07) is 12.6. The Hall–Kier alpha value is -2.97. The topological polar surface area (TPSA) is 71.3 Å². The summed E-state index contributed by atoms with van der Waals surface area (Å²) >= 11 is 6.24. The number of carbonyl (C=O) groups excluding carboxylic acids is 1. The van der Waals surface area contributed by atoms with Crippen molar-refractivity contribution in [2.75, 3.05) is 18.5 Å². The molecule has 0 unspecified atom stereocenters. The Morgan fingerprint density at radius 1 is 1.19 bits per heavy atom. The predicted molar refractivity (Wildman–Crippen MR) is 107 cm³/mol. The van der Waals surface area contributed by atoms with Crippen LogP contribution in [-0.2, 0) is 4.79 Å². The zero-order valence-electron chi connectivity index (χ0n) is 15.5. The maximum absolute atomic E-state index is 12.5. The molecule has 2 rings (SSSR count). The van der Waals surface area contributed by atoms with E-state index >= 15 is 0 Å². The molecule has 140 valence electrons. The molecule has 0 aliphatic rings. The van der Waals surface area contributed by atoms with Crippen molar-refractivity contribution in [3.63, 3.8) is 0 Å². The van der Waals surface area contributed by atoms with Gasteiger partial charge in [-0.15, -0.1) is 0 Å². The molecular formula is C21H21ClN2O3. The third kappa shape index (κ3) is 5.25. The molecule has 0 spiro atoms. The first-order valence-corrected chi connectivity index (χ1v) is 8.95. The van der Waals surface area contributed by atoms with Crippen molar-refractivity contribution in [3.8, 4) is 17.6 Å². The van der Waals surface area contributed by atoms with E-state index in [1.807, 2.05) is 45.0 Å². The van der Waals surface area contributed by atoms with E-state index in [1.165, 1.54) is 6.08 Å². The zero-order valence-corrected chi connectivity index (χ0v) is 16.3. The van der Waals surface area contributed by atoms with Crippen LogP contribution in [0.15, 0.2) is 42.0 Å². The molecule has 2 aromatic rings. The van der Waals surface area contributed by atoms with Crippen LogP contribution in [0.25, 0.3) is 6.08 Å². The lowest BCUT2D eigenvalue weighted by molar-refractivity contribution is -0.112. The molecule has 5 nitrogen and oxygen atoms in total. The van der Waals surface area contributed by atoms with Crippen molar-refractivity contribution in [1.29, 1.82) is 5.26 Å². The largest absolute Gasteiger partial charge is 0.493 e. The minimum atomic E-state index is -0.501. The highest BCUT2D eigenvalue weighted by Gasteiger charge is 2.14. The molecule has 0 saturated carbocycles. The first-order chi connectivity index (χ1) is 13.0. The quantitative estimate of drug-likeness (QED) is 0.539. The highest BCUT2D eigenvalue weighted by molar-refractivity contribution is 6.32. The van der Waals surface area contributed by atoms with Crippen molar-refractivity contribution >= 4 is 29.3 Å². The molecule has 0 fully saturated rings. The lowest BCUT2D eigenvalue weighted by Crippen LogP contribution is -2.14. The van der Waals surface area contributed by atoms with Crippen LogP contribution in [-0.4, -0.2) is 19.1 Å². The second kappa shape index (κ2) is 9.65. The number of carbonyl (C=O) groups is 1. The number of nitriles is 1. The smallest absolute Gasteiger partial charge is 0.266 e. The number of halogens is 1. The van der Waals surface area contributed by atoms with Gasteiger partial charge in [0.2, 0.25) is 0 Å².